The Morgan fingerprint density at radius 2 is 1.30 bits per heavy atom. The normalized spacial score (nSPS) is 10.6. The lowest BCUT2D eigenvalue weighted by Crippen LogP contribution is -2.36. The Labute approximate surface area is 189 Å². The van der Waals surface area contributed by atoms with E-state index in [1.54, 1.807) is 0 Å². The zero-order chi connectivity index (χ0) is 22.6. The molecule has 0 unspecified atom stereocenters. The Morgan fingerprint density at radius 3 is 1.77 bits per heavy atom. The summed E-state index contributed by atoms with van der Waals surface area (Å²) in [5.74, 6) is -2.40. The van der Waals surface area contributed by atoms with E-state index in [0.29, 0.717) is 6.61 Å². The Hall–Kier alpha value is -1.35. The topological polar surface area (TPSA) is 104 Å². The van der Waals surface area contributed by atoms with E-state index in [0.717, 1.165) is 24.6 Å². The fraction of sp³-hybridized carbons (Fsp3) is 0.810. The first-order valence-corrected chi connectivity index (χ1v) is 12.3. The van der Waals surface area contributed by atoms with Crippen LogP contribution >= 0.6 is 24.0 Å². The van der Waals surface area contributed by atoms with Gasteiger partial charge in [0.15, 0.2) is 0 Å². The van der Waals surface area contributed by atoms with E-state index >= 15 is 0 Å². The minimum atomic E-state index is -1.04. The van der Waals surface area contributed by atoms with Crippen molar-refractivity contribution in [2.45, 2.75) is 84.0 Å². The highest BCUT2D eigenvalue weighted by atomic mass is 32.2. The highest BCUT2D eigenvalue weighted by molar-refractivity contribution is 8.23. The van der Waals surface area contributed by atoms with Crippen LogP contribution in [-0.4, -0.2) is 62.8 Å². The lowest BCUT2D eigenvalue weighted by Gasteiger charge is -2.21. The molecule has 2 N–H and O–H groups in total. The van der Waals surface area contributed by atoms with Crippen molar-refractivity contribution in [3.63, 3.8) is 0 Å². The van der Waals surface area contributed by atoms with Crippen LogP contribution in [0.25, 0.3) is 0 Å². The number of aliphatic carboxylic acids is 2. The predicted octanol–water partition coefficient (Wildman–Crippen LogP) is 4.72. The Balaban J connectivity index is 3.84. The fourth-order valence-electron chi connectivity index (χ4n) is 2.82. The third-order valence-electron chi connectivity index (χ3n) is 4.58. The van der Waals surface area contributed by atoms with Gasteiger partial charge in [-0.15, -0.1) is 0 Å². The van der Waals surface area contributed by atoms with Gasteiger partial charge in [0.2, 0.25) is 10.3 Å². The van der Waals surface area contributed by atoms with Gasteiger partial charge >= 0.3 is 11.9 Å². The summed E-state index contributed by atoms with van der Waals surface area (Å²) in [7, 11) is 0. The van der Waals surface area contributed by atoms with Crippen LogP contribution in [-0.2, 0) is 19.1 Å². The molecular weight excluding hydrogens is 426 g/mol. The van der Waals surface area contributed by atoms with Gasteiger partial charge in [0.05, 0.1) is 25.2 Å². The van der Waals surface area contributed by atoms with Gasteiger partial charge in [-0.25, -0.2) is 0 Å². The number of thiocarbonyl (C=S) groups is 1. The molecule has 0 aromatic carbocycles. The van der Waals surface area contributed by atoms with Crippen molar-refractivity contribution in [1.82, 2.24) is 4.90 Å². The van der Waals surface area contributed by atoms with Crippen LogP contribution in [0.4, 0.5) is 0 Å². The van der Waals surface area contributed by atoms with Gasteiger partial charge in [-0.3, -0.25) is 14.4 Å². The first-order chi connectivity index (χ1) is 14.4. The summed E-state index contributed by atoms with van der Waals surface area (Å²) in [5, 5.41) is 17.5. The quantitative estimate of drug-likeness (QED) is 0.209. The molecule has 0 aliphatic carbocycles. The number of carbonyl (C=O) groups excluding carboxylic acids is 1. The molecule has 30 heavy (non-hydrogen) atoms. The second-order valence-corrected chi connectivity index (χ2v) is 8.81. The summed E-state index contributed by atoms with van der Waals surface area (Å²) in [4.78, 5) is 34.9. The highest BCUT2D eigenvalue weighted by Crippen LogP contribution is 2.12. The van der Waals surface area contributed by atoms with Crippen molar-refractivity contribution in [1.29, 1.82) is 0 Å². The number of nitrogens with zero attached hydrogens (tertiary/aromatic N) is 1. The van der Waals surface area contributed by atoms with E-state index in [2.05, 4.69) is 6.92 Å². The van der Waals surface area contributed by atoms with Crippen LogP contribution < -0.4 is 0 Å². The number of thioether (sulfide) groups is 1. The van der Waals surface area contributed by atoms with Crippen LogP contribution in [0.1, 0.15) is 84.0 Å². The van der Waals surface area contributed by atoms with Crippen LogP contribution in [0.5, 0.6) is 0 Å². The molecule has 7 nitrogen and oxygen atoms in total. The van der Waals surface area contributed by atoms with Gasteiger partial charge in [0.1, 0.15) is 0 Å². The molecule has 0 aromatic heterocycles. The number of unbranched alkanes of at least 4 members (excludes halogenated alkanes) is 9. The zero-order valence-corrected chi connectivity index (χ0v) is 19.7. The number of rotatable bonds is 19. The first kappa shape index (κ1) is 28.6. The molecule has 9 heteroatoms. The van der Waals surface area contributed by atoms with E-state index in [1.165, 1.54) is 56.3 Å². The number of carbonyl (C=O) groups is 3. The average Bonchev–Trinajstić information content (AvgIpc) is 2.69. The number of carboxylic acid groups (broad SMARTS) is 2. The van der Waals surface area contributed by atoms with Crippen LogP contribution in [0.3, 0.4) is 0 Å². The molecule has 0 aliphatic heterocycles. The van der Waals surface area contributed by atoms with E-state index in [4.69, 9.17) is 27.2 Å². The molecule has 0 rings (SSSR count). The molecule has 0 saturated carbocycles. The van der Waals surface area contributed by atoms with Crippen LogP contribution in [0.15, 0.2) is 0 Å². The van der Waals surface area contributed by atoms with Crippen LogP contribution in [0.2, 0.25) is 0 Å². The molecule has 0 fully saturated rings. The number of hydrogen-bond donors (Lipinski definition) is 2. The number of amides is 1. The van der Waals surface area contributed by atoms with Crippen molar-refractivity contribution < 1.29 is 29.3 Å². The molecule has 0 saturated heterocycles. The molecule has 0 radical (unpaired) electrons. The molecule has 0 spiro atoms. The Morgan fingerprint density at radius 1 is 0.833 bits per heavy atom. The van der Waals surface area contributed by atoms with E-state index in [-0.39, 0.29) is 42.0 Å². The number of carboxylic acids is 2. The number of ether oxygens (including phenoxy) is 1. The van der Waals surface area contributed by atoms with Crippen molar-refractivity contribution in [3.05, 3.63) is 0 Å². The van der Waals surface area contributed by atoms with E-state index in [1.807, 2.05) is 0 Å². The molecule has 0 aromatic rings. The summed E-state index contributed by atoms with van der Waals surface area (Å²) in [5.41, 5.74) is 0. The first-order valence-electron chi connectivity index (χ1n) is 10.9. The van der Waals surface area contributed by atoms with Crippen molar-refractivity contribution in [3.8, 4) is 0 Å². The van der Waals surface area contributed by atoms with Crippen molar-refractivity contribution in [2.75, 3.05) is 25.4 Å². The van der Waals surface area contributed by atoms with E-state index in [9.17, 15) is 14.4 Å². The fourth-order valence-corrected chi connectivity index (χ4v) is 3.67. The molecule has 0 atom stereocenters. The maximum atomic E-state index is 12.2. The second kappa shape index (κ2) is 19.6. The number of hydrogen-bond acceptors (Lipinski definition) is 6. The van der Waals surface area contributed by atoms with Gasteiger partial charge < -0.3 is 19.8 Å². The highest BCUT2D eigenvalue weighted by Gasteiger charge is 2.17. The van der Waals surface area contributed by atoms with Gasteiger partial charge in [-0.05, 0) is 18.6 Å². The smallest absolute Gasteiger partial charge is 0.305 e. The standard InChI is InChI=1S/C21H37NO6S2/c1-2-3-4-5-6-7-8-9-10-11-16-28-21(29)30-17-18(23)22(14-12-19(24)25)15-13-20(26)27/h2-17H2,1H3,(H,24,25)(H,26,27). The Kier molecular flexibility index (Phi) is 18.7. The summed E-state index contributed by atoms with van der Waals surface area (Å²) >= 11 is 6.21. The second-order valence-electron chi connectivity index (χ2n) is 7.24. The van der Waals surface area contributed by atoms with Crippen molar-refractivity contribution >= 4 is 46.2 Å². The lowest BCUT2D eigenvalue weighted by atomic mass is 10.1. The predicted molar refractivity (Wildman–Crippen MR) is 124 cm³/mol. The minimum absolute atomic E-state index is 0.0100. The SMILES string of the molecule is CCCCCCCCCCCCOC(=S)SCC(=O)N(CCC(=O)O)CCC(=O)O. The molecular formula is C21H37NO6S2. The van der Waals surface area contributed by atoms with Gasteiger partial charge in [0, 0.05) is 13.1 Å². The summed E-state index contributed by atoms with van der Waals surface area (Å²) in [6.07, 6.45) is 11.9. The maximum Gasteiger partial charge on any atom is 0.305 e. The Bertz CT molecular complexity index is 498. The van der Waals surface area contributed by atoms with E-state index < -0.39 is 11.9 Å². The largest absolute Gasteiger partial charge is 0.481 e. The molecule has 0 aliphatic rings. The van der Waals surface area contributed by atoms with Crippen LogP contribution in [0, 0.1) is 0 Å². The third-order valence-corrected chi connectivity index (χ3v) is 5.79. The summed E-state index contributed by atoms with van der Waals surface area (Å²) < 4.78 is 5.76. The molecule has 0 bridgehead atoms. The molecule has 174 valence electrons. The zero-order valence-electron chi connectivity index (χ0n) is 18.1. The van der Waals surface area contributed by atoms with Gasteiger partial charge in [0.25, 0.3) is 0 Å². The molecule has 0 heterocycles. The summed E-state index contributed by atoms with van der Waals surface area (Å²) in [6.45, 7) is 2.71. The average molecular weight is 464 g/mol. The lowest BCUT2D eigenvalue weighted by molar-refractivity contribution is -0.138. The monoisotopic (exact) mass is 463 g/mol. The molecule has 1 amide bonds. The maximum absolute atomic E-state index is 12.2. The van der Waals surface area contributed by atoms with Gasteiger partial charge in [-0.1, -0.05) is 76.5 Å². The summed E-state index contributed by atoms with van der Waals surface area (Å²) in [6, 6.07) is 0. The van der Waals surface area contributed by atoms with Gasteiger partial charge in [-0.2, -0.15) is 0 Å². The van der Waals surface area contributed by atoms with Crippen molar-refractivity contribution in [2.24, 2.45) is 0 Å². The third kappa shape index (κ3) is 18.7. The minimum Gasteiger partial charge on any atom is -0.481 e.